The molecule has 1 aliphatic rings. The molecule has 174 valence electrons. The SMILES string of the molecule is COc1ccccc1CNC(=O)CCc1c(C)nc2cc(C3CCN(C(C)=O)C3)nn2c1C. The summed E-state index contributed by atoms with van der Waals surface area (Å²) in [7, 11) is 1.63. The van der Waals surface area contributed by atoms with Gasteiger partial charge in [0.15, 0.2) is 5.65 Å². The van der Waals surface area contributed by atoms with Crippen LogP contribution in [0.4, 0.5) is 0 Å². The molecular weight excluding hydrogens is 418 g/mol. The Labute approximate surface area is 193 Å². The minimum absolute atomic E-state index is 0.0174. The van der Waals surface area contributed by atoms with Gasteiger partial charge in [-0.05, 0) is 38.3 Å². The quantitative estimate of drug-likeness (QED) is 0.599. The number of fused-ring (bicyclic) bond motifs is 1. The summed E-state index contributed by atoms with van der Waals surface area (Å²) in [6, 6.07) is 9.69. The van der Waals surface area contributed by atoms with E-state index in [2.05, 4.69) is 5.32 Å². The number of carbonyl (C=O) groups is 2. The molecule has 1 aromatic carbocycles. The van der Waals surface area contributed by atoms with Crippen molar-refractivity contribution in [1.82, 2.24) is 24.8 Å². The third-order valence-corrected chi connectivity index (χ3v) is 6.51. The summed E-state index contributed by atoms with van der Waals surface area (Å²) < 4.78 is 7.22. The second kappa shape index (κ2) is 9.60. The molecule has 0 spiro atoms. The summed E-state index contributed by atoms with van der Waals surface area (Å²) in [6.07, 6.45) is 1.88. The maximum atomic E-state index is 12.5. The van der Waals surface area contributed by atoms with Crippen LogP contribution in [0.15, 0.2) is 30.3 Å². The monoisotopic (exact) mass is 449 g/mol. The fourth-order valence-corrected chi connectivity index (χ4v) is 4.56. The van der Waals surface area contributed by atoms with Gasteiger partial charge >= 0.3 is 0 Å². The van der Waals surface area contributed by atoms with Crippen LogP contribution in [0.25, 0.3) is 5.65 Å². The molecule has 2 aromatic heterocycles. The molecule has 8 nitrogen and oxygen atoms in total. The Kier molecular flexibility index (Phi) is 6.62. The van der Waals surface area contributed by atoms with E-state index in [4.69, 9.17) is 14.8 Å². The lowest BCUT2D eigenvalue weighted by Crippen LogP contribution is -2.25. The number of benzene rings is 1. The number of aryl methyl sites for hydroxylation is 2. The molecule has 0 saturated carbocycles. The second-order valence-electron chi connectivity index (χ2n) is 8.64. The fraction of sp³-hybridized carbons (Fsp3) is 0.440. The highest BCUT2D eigenvalue weighted by molar-refractivity contribution is 5.76. The maximum Gasteiger partial charge on any atom is 0.220 e. The number of rotatable bonds is 7. The molecular formula is C25H31N5O3. The van der Waals surface area contributed by atoms with Gasteiger partial charge in [0, 0.05) is 61.9 Å². The van der Waals surface area contributed by atoms with Gasteiger partial charge in [0.05, 0.1) is 12.8 Å². The normalized spacial score (nSPS) is 15.8. The van der Waals surface area contributed by atoms with Crippen LogP contribution in [0.1, 0.15) is 53.9 Å². The van der Waals surface area contributed by atoms with Gasteiger partial charge in [-0.25, -0.2) is 9.50 Å². The number of para-hydroxylation sites is 1. The van der Waals surface area contributed by atoms with Gasteiger partial charge < -0.3 is 15.0 Å². The van der Waals surface area contributed by atoms with Crippen molar-refractivity contribution in [3.8, 4) is 5.75 Å². The standard InChI is InChI=1S/C25H31N5O3/c1-16-21(9-10-25(32)26-14-19-7-5-6-8-23(19)33-4)17(2)30-24(27-16)13-22(28-30)20-11-12-29(15-20)18(3)31/h5-8,13,20H,9-12,14-15H2,1-4H3,(H,26,32). The summed E-state index contributed by atoms with van der Waals surface area (Å²) >= 11 is 0. The number of likely N-dealkylation sites (tertiary alicyclic amines) is 1. The smallest absolute Gasteiger partial charge is 0.220 e. The van der Waals surface area contributed by atoms with Crippen molar-refractivity contribution in [2.75, 3.05) is 20.2 Å². The number of hydrogen-bond donors (Lipinski definition) is 1. The second-order valence-corrected chi connectivity index (χ2v) is 8.64. The van der Waals surface area contributed by atoms with Crippen LogP contribution in [0.2, 0.25) is 0 Å². The predicted octanol–water partition coefficient (Wildman–Crippen LogP) is 2.94. The molecule has 0 aliphatic carbocycles. The molecule has 0 bridgehead atoms. The van der Waals surface area contributed by atoms with Gasteiger partial charge in [-0.15, -0.1) is 0 Å². The molecule has 1 N–H and O–H groups in total. The molecule has 0 radical (unpaired) electrons. The van der Waals surface area contributed by atoms with E-state index < -0.39 is 0 Å². The molecule has 1 aliphatic heterocycles. The molecule has 8 heteroatoms. The first kappa shape index (κ1) is 22.8. The van der Waals surface area contributed by atoms with E-state index in [0.29, 0.717) is 25.9 Å². The zero-order valence-electron chi connectivity index (χ0n) is 19.7. The summed E-state index contributed by atoms with van der Waals surface area (Å²) in [4.78, 5) is 30.8. The van der Waals surface area contributed by atoms with Gasteiger partial charge in [-0.2, -0.15) is 5.10 Å². The number of nitrogens with zero attached hydrogens (tertiary/aromatic N) is 4. The van der Waals surface area contributed by atoms with E-state index in [1.165, 1.54) is 0 Å². The van der Waals surface area contributed by atoms with E-state index >= 15 is 0 Å². The number of ether oxygens (including phenoxy) is 1. The zero-order valence-corrected chi connectivity index (χ0v) is 19.7. The van der Waals surface area contributed by atoms with Crippen molar-refractivity contribution in [2.24, 2.45) is 0 Å². The average molecular weight is 450 g/mol. The van der Waals surface area contributed by atoms with Crippen LogP contribution in [-0.4, -0.2) is 51.5 Å². The minimum atomic E-state index is -0.0174. The first-order valence-electron chi connectivity index (χ1n) is 11.4. The van der Waals surface area contributed by atoms with Gasteiger partial charge in [-0.3, -0.25) is 9.59 Å². The highest BCUT2D eigenvalue weighted by atomic mass is 16.5. The van der Waals surface area contributed by atoms with E-state index in [0.717, 1.165) is 52.6 Å². The Bertz CT molecular complexity index is 1190. The molecule has 3 aromatic rings. The molecule has 4 rings (SSSR count). The van der Waals surface area contributed by atoms with E-state index in [-0.39, 0.29) is 17.7 Å². The summed E-state index contributed by atoms with van der Waals surface area (Å²) in [5.41, 5.74) is 5.69. The van der Waals surface area contributed by atoms with Crippen LogP contribution in [0.5, 0.6) is 5.75 Å². The third-order valence-electron chi connectivity index (χ3n) is 6.51. The molecule has 33 heavy (non-hydrogen) atoms. The van der Waals surface area contributed by atoms with Crippen molar-refractivity contribution in [1.29, 1.82) is 0 Å². The largest absolute Gasteiger partial charge is 0.496 e. The third kappa shape index (κ3) is 4.84. The van der Waals surface area contributed by atoms with Crippen molar-refractivity contribution < 1.29 is 14.3 Å². The lowest BCUT2D eigenvalue weighted by Gasteiger charge is -2.12. The van der Waals surface area contributed by atoms with Crippen LogP contribution < -0.4 is 10.1 Å². The predicted molar refractivity (Wildman–Crippen MR) is 125 cm³/mol. The van der Waals surface area contributed by atoms with Gasteiger partial charge in [-0.1, -0.05) is 18.2 Å². The topological polar surface area (TPSA) is 88.8 Å². The minimum Gasteiger partial charge on any atom is -0.496 e. The molecule has 1 atom stereocenters. The number of methoxy groups -OCH3 is 1. The summed E-state index contributed by atoms with van der Waals surface area (Å²) in [6.45, 7) is 7.52. The molecule has 2 amide bonds. The molecule has 1 fully saturated rings. The Balaban J connectivity index is 1.43. The van der Waals surface area contributed by atoms with Crippen LogP contribution in [-0.2, 0) is 22.6 Å². The van der Waals surface area contributed by atoms with Gasteiger partial charge in [0.2, 0.25) is 11.8 Å². The number of hydrogen-bond acceptors (Lipinski definition) is 5. The Morgan fingerprint density at radius 3 is 2.76 bits per heavy atom. The van der Waals surface area contributed by atoms with Crippen molar-refractivity contribution in [3.63, 3.8) is 0 Å². The molecule has 3 heterocycles. The van der Waals surface area contributed by atoms with Crippen LogP contribution in [0.3, 0.4) is 0 Å². The number of nitrogens with one attached hydrogen (secondary N) is 1. The van der Waals surface area contributed by atoms with Gasteiger partial charge in [0.1, 0.15) is 5.75 Å². The Morgan fingerprint density at radius 1 is 1.24 bits per heavy atom. The van der Waals surface area contributed by atoms with Crippen molar-refractivity contribution in [3.05, 3.63) is 58.5 Å². The van der Waals surface area contributed by atoms with E-state index in [1.54, 1.807) is 14.0 Å². The average Bonchev–Trinajstić information content (AvgIpc) is 3.45. The van der Waals surface area contributed by atoms with Crippen molar-refractivity contribution >= 4 is 17.5 Å². The molecule has 1 saturated heterocycles. The highest BCUT2D eigenvalue weighted by Gasteiger charge is 2.28. The number of aromatic nitrogens is 3. The van der Waals surface area contributed by atoms with E-state index in [1.807, 2.05) is 53.6 Å². The highest BCUT2D eigenvalue weighted by Crippen LogP contribution is 2.28. The fourth-order valence-electron chi connectivity index (χ4n) is 4.56. The van der Waals surface area contributed by atoms with Gasteiger partial charge in [0.25, 0.3) is 0 Å². The maximum absolute atomic E-state index is 12.5. The summed E-state index contributed by atoms with van der Waals surface area (Å²) in [5.74, 6) is 1.09. The number of amides is 2. The van der Waals surface area contributed by atoms with Crippen molar-refractivity contribution in [2.45, 2.75) is 52.5 Å². The lowest BCUT2D eigenvalue weighted by molar-refractivity contribution is -0.127. The Morgan fingerprint density at radius 2 is 2.03 bits per heavy atom. The first-order valence-corrected chi connectivity index (χ1v) is 11.4. The van der Waals surface area contributed by atoms with Crippen LogP contribution in [0, 0.1) is 13.8 Å². The Hall–Kier alpha value is -3.42. The molecule has 1 unspecified atom stereocenters. The first-order chi connectivity index (χ1) is 15.9. The van der Waals surface area contributed by atoms with Crippen LogP contribution >= 0.6 is 0 Å². The summed E-state index contributed by atoms with van der Waals surface area (Å²) in [5, 5.41) is 7.79. The zero-order chi connectivity index (χ0) is 23.5. The lowest BCUT2D eigenvalue weighted by atomic mass is 10.1. The number of carbonyl (C=O) groups excluding carboxylic acids is 2. The van der Waals surface area contributed by atoms with E-state index in [9.17, 15) is 9.59 Å².